The maximum atomic E-state index is 12.7. The van der Waals surface area contributed by atoms with Crippen molar-refractivity contribution < 1.29 is 9.59 Å². The second kappa shape index (κ2) is 8.80. The van der Waals surface area contributed by atoms with Crippen LogP contribution in [0.5, 0.6) is 0 Å². The zero-order chi connectivity index (χ0) is 19.2. The summed E-state index contributed by atoms with van der Waals surface area (Å²) in [4.78, 5) is 31.3. The summed E-state index contributed by atoms with van der Waals surface area (Å²) in [6.45, 7) is 5.79. The van der Waals surface area contributed by atoms with Crippen LogP contribution in [0, 0.1) is 0 Å². The van der Waals surface area contributed by atoms with Crippen molar-refractivity contribution in [1.82, 2.24) is 9.88 Å². The van der Waals surface area contributed by atoms with E-state index in [0.717, 1.165) is 44.5 Å². The lowest BCUT2D eigenvalue weighted by Crippen LogP contribution is -2.32. The van der Waals surface area contributed by atoms with E-state index in [0.29, 0.717) is 17.2 Å². The summed E-state index contributed by atoms with van der Waals surface area (Å²) in [5.41, 5.74) is 2.74. The number of likely N-dealkylation sites (tertiary alicyclic amines) is 1. The highest BCUT2D eigenvalue weighted by atomic mass is 16.2. The second-order valence-electron chi connectivity index (χ2n) is 7.37. The number of nitrogens with zero attached hydrogens (tertiary/aromatic N) is 2. The van der Waals surface area contributed by atoms with Gasteiger partial charge in [-0.15, -0.1) is 0 Å². The number of pyridine rings is 1. The first-order valence-electron chi connectivity index (χ1n) is 9.71. The van der Waals surface area contributed by atoms with E-state index < -0.39 is 0 Å². The molecule has 0 saturated carbocycles. The molecule has 3 rings (SSSR count). The number of benzene rings is 1. The smallest absolute Gasteiger partial charge is 0.272 e. The lowest BCUT2D eigenvalue weighted by Gasteiger charge is -2.19. The van der Waals surface area contributed by atoms with Gasteiger partial charge in [-0.05, 0) is 48.6 Å². The van der Waals surface area contributed by atoms with E-state index in [-0.39, 0.29) is 11.8 Å². The summed E-state index contributed by atoms with van der Waals surface area (Å²) in [5.74, 6) is 0.120. The minimum Gasteiger partial charge on any atom is -0.337 e. The SMILES string of the molecule is CC(C)c1ccc(NC(=O)c2ccnc(C(=O)N3CCCCCC3)c2)cc1. The van der Waals surface area contributed by atoms with Gasteiger partial charge >= 0.3 is 0 Å². The van der Waals surface area contributed by atoms with Crippen LogP contribution in [0.3, 0.4) is 0 Å². The van der Waals surface area contributed by atoms with Crippen molar-refractivity contribution in [2.75, 3.05) is 18.4 Å². The molecule has 0 spiro atoms. The molecule has 1 saturated heterocycles. The Morgan fingerprint density at radius 3 is 2.30 bits per heavy atom. The van der Waals surface area contributed by atoms with E-state index in [1.165, 1.54) is 11.8 Å². The molecule has 142 valence electrons. The largest absolute Gasteiger partial charge is 0.337 e. The van der Waals surface area contributed by atoms with Gasteiger partial charge in [-0.3, -0.25) is 14.6 Å². The molecule has 2 aromatic rings. The predicted molar refractivity (Wildman–Crippen MR) is 107 cm³/mol. The summed E-state index contributed by atoms with van der Waals surface area (Å²) in [6, 6.07) is 11.1. The van der Waals surface area contributed by atoms with Gasteiger partial charge in [-0.25, -0.2) is 0 Å². The molecule has 2 amide bonds. The van der Waals surface area contributed by atoms with Gasteiger partial charge in [0.1, 0.15) is 5.69 Å². The number of carbonyl (C=O) groups excluding carboxylic acids is 2. The van der Waals surface area contributed by atoms with Gasteiger partial charge in [0.25, 0.3) is 11.8 Å². The highest BCUT2D eigenvalue weighted by molar-refractivity contribution is 6.05. The highest BCUT2D eigenvalue weighted by Crippen LogP contribution is 2.18. The first-order chi connectivity index (χ1) is 13.0. The van der Waals surface area contributed by atoms with E-state index in [1.807, 2.05) is 29.2 Å². The molecule has 5 heteroatoms. The van der Waals surface area contributed by atoms with Gasteiger partial charge in [0.15, 0.2) is 0 Å². The summed E-state index contributed by atoms with van der Waals surface area (Å²) in [6.07, 6.45) is 5.91. The number of hydrogen-bond acceptors (Lipinski definition) is 3. The fourth-order valence-electron chi connectivity index (χ4n) is 3.28. The van der Waals surface area contributed by atoms with Crippen molar-refractivity contribution >= 4 is 17.5 Å². The molecule has 0 aliphatic carbocycles. The van der Waals surface area contributed by atoms with Crippen LogP contribution in [-0.4, -0.2) is 34.8 Å². The topological polar surface area (TPSA) is 62.3 Å². The number of hydrogen-bond donors (Lipinski definition) is 1. The molecule has 2 heterocycles. The number of nitrogens with one attached hydrogen (secondary N) is 1. The third-order valence-corrected chi connectivity index (χ3v) is 4.97. The third-order valence-electron chi connectivity index (χ3n) is 4.97. The molecule has 1 aromatic carbocycles. The molecule has 1 aliphatic heterocycles. The lowest BCUT2D eigenvalue weighted by atomic mass is 10.0. The van der Waals surface area contributed by atoms with Crippen molar-refractivity contribution in [3.63, 3.8) is 0 Å². The minimum atomic E-state index is -0.236. The summed E-state index contributed by atoms with van der Waals surface area (Å²) < 4.78 is 0. The van der Waals surface area contributed by atoms with Crippen LogP contribution in [0.25, 0.3) is 0 Å². The van der Waals surface area contributed by atoms with Crippen LogP contribution in [0.1, 0.15) is 71.9 Å². The zero-order valence-corrected chi connectivity index (χ0v) is 16.1. The molecule has 27 heavy (non-hydrogen) atoms. The van der Waals surface area contributed by atoms with Crippen LogP contribution < -0.4 is 5.32 Å². The molecule has 1 N–H and O–H groups in total. The van der Waals surface area contributed by atoms with Crippen molar-refractivity contribution in [1.29, 1.82) is 0 Å². The number of carbonyl (C=O) groups is 2. The van der Waals surface area contributed by atoms with Crippen LogP contribution >= 0.6 is 0 Å². The number of aromatic nitrogens is 1. The summed E-state index contributed by atoms with van der Waals surface area (Å²) in [5, 5.41) is 2.89. The molecule has 0 atom stereocenters. The molecular weight excluding hydrogens is 338 g/mol. The Bertz CT molecular complexity index is 791. The van der Waals surface area contributed by atoms with E-state index >= 15 is 0 Å². The molecule has 1 aliphatic rings. The molecule has 0 radical (unpaired) electrons. The van der Waals surface area contributed by atoms with Gasteiger partial charge in [0, 0.05) is 30.5 Å². The maximum absolute atomic E-state index is 12.7. The molecule has 0 bridgehead atoms. The van der Waals surface area contributed by atoms with Gasteiger partial charge in [0.05, 0.1) is 0 Å². The minimum absolute atomic E-state index is 0.0900. The van der Waals surface area contributed by atoms with Gasteiger partial charge in [-0.2, -0.15) is 0 Å². The third kappa shape index (κ3) is 4.94. The highest BCUT2D eigenvalue weighted by Gasteiger charge is 2.19. The van der Waals surface area contributed by atoms with Crippen LogP contribution in [0.15, 0.2) is 42.6 Å². The molecule has 1 fully saturated rings. The van der Waals surface area contributed by atoms with Crippen LogP contribution in [0.2, 0.25) is 0 Å². The fraction of sp³-hybridized carbons (Fsp3) is 0.409. The van der Waals surface area contributed by atoms with Crippen molar-refractivity contribution in [3.8, 4) is 0 Å². The molecule has 1 aromatic heterocycles. The van der Waals surface area contributed by atoms with E-state index in [1.54, 1.807) is 12.1 Å². The van der Waals surface area contributed by atoms with Gasteiger partial charge in [-0.1, -0.05) is 38.8 Å². The predicted octanol–water partition coefficient (Wildman–Crippen LogP) is 4.47. The Balaban J connectivity index is 1.70. The molecule has 5 nitrogen and oxygen atoms in total. The maximum Gasteiger partial charge on any atom is 0.272 e. The van der Waals surface area contributed by atoms with Gasteiger partial charge in [0.2, 0.25) is 0 Å². The first kappa shape index (κ1) is 19.1. The van der Waals surface area contributed by atoms with E-state index in [2.05, 4.69) is 24.1 Å². The first-order valence-corrected chi connectivity index (χ1v) is 9.71. The van der Waals surface area contributed by atoms with Crippen LogP contribution in [0.4, 0.5) is 5.69 Å². The second-order valence-corrected chi connectivity index (χ2v) is 7.37. The van der Waals surface area contributed by atoms with Gasteiger partial charge < -0.3 is 10.2 Å². The number of amides is 2. The number of anilines is 1. The average molecular weight is 365 g/mol. The van der Waals surface area contributed by atoms with Crippen molar-refractivity contribution in [3.05, 3.63) is 59.4 Å². The van der Waals surface area contributed by atoms with Crippen molar-refractivity contribution in [2.45, 2.75) is 45.4 Å². The van der Waals surface area contributed by atoms with Crippen molar-refractivity contribution in [2.24, 2.45) is 0 Å². The Kier molecular flexibility index (Phi) is 6.22. The standard InChI is InChI=1S/C22H27N3O2/c1-16(2)17-7-9-19(10-8-17)24-21(26)18-11-12-23-20(15-18)22(27)25-13-5-3-4-6-14-25/h7-12,15-16H,3-6,13-14H2,1-2H3,(H,24,26). The Morgan fingerprint density at radius 2 is 1.67 bits per heavy atom. The van der Waals surface area contributed by atoms with Crippen LogP contribution in [-0.2, 0) is 0 Å². The molecule has 0 unspecified atom stereocenters. The fourth-order valence-corrected chi connectivity index (χ4v) is 3.28. The Morgan fingerprint density at radius 1 is 1.00 bits per heavy atom. The average Bonchev–Trinajstić information content (AvgIpc) is 2.97. The van der Waals surface area contributed by atoms with E-state index in [9.17, 15) is 9.59 Å². The van der Waals surface area contributed by atoms with E-state index in [4.69, 9.17) is 0 Å². The Hall–Kier alpha value is -2.69. The normalized spacial score (nSPS) is 14.7. The zero-order valence-electron chi connectivity index (χ0n) is 16.1. The quantitative estimate of drug-likeness (QED) is 0.869. The summed E-state index contributed by atoms with van der Waals surface area (Å²) in [7, 11) is 0. The summed E-state index contributed by atoms with van der Waals surface area (Å²) >= 11 is 0. The molecular formula is C22H27N3O2. The Labute approximate surface area is 160 Å². The monoisotopic (exact) mass is 365 g/mol. The number of rotatable bonds is 4. The lowest BCUT2D eigenvalue weighted by molar-refractivity contribution is 0.0755.